The van der Waals surface area contributed by atoms with E-state index in [1.54, 1.807) is 4.68 Å². The third-order valence-electron chi connectivity index (χ3n) is 6.10. The number of benzene rings is 1. The summed E-state index contributed by atoms with van der Waals surface area (Å²) in [6.07, 6.45) is 5.90. The number of carbonyl (C=O) groups is 2. The van der Waals surface area contributed by atoms with E-state index in [2.05, 4.69) is 15.7 Å². The number of piperidine rings is 1. The van der Waals surface area contributed by atoms with E-state index < -0.39 is 0 Å². The summed E-state index contributed by atoms with van der Waals surface area (Å²) in [6.45, 7) is 3.64. The molecule has 2 aromatic rings. The molecule has 0 spiro atoms. The first kappa shape index (κ1) is 22.3. The minimum Gasteiger partial charge on any atom is -0.352 e. The Kier molecular flexibility index (Phi) is 7.50. The normalized spacial score (nSPS) is 23.6. The van der Waals surface area contributed by atoms with Crippen LogP contribution in [0.1, 0.15) is 34.7 Å². The minimum atomic E-state index is -0.0503. The van der Waals surface area contributed by atoms with Crippen molar-refractivity contribution >= 4 is 24.2 Å². The van der Waals surface area contributed by atoms with Gasteiger partial charge in [-0.25, -0.2) is 0 Å². The SMILES string of the molecule is Cl.Cn1cc([C@H]2CNC[C@@H]2C(=O)N2CCCC(CNC(=O)c3ccccc3)C2)cn1. The van der Waals surface area contributed by atoms with Gasteiger partial charge in [0.15, 0.2) is 0 Å². The number of aryl methyl sites for hydroxylation is 1. The Morgan fingerprint density at radius 2 is 2.03 bits per heavy atom. The second kappa shape index (κ2) is 10.1. The van der Waals surface area contributed by atoms with Crippen LogP contribution in [0.3, 0.4) is 0 Å². The Morgan fingerprint density at radius 3 is 2.77 bits per heavy atom. The molecule has 1 aromatic heterocycles. The number of likely N-dealkylation sites (tertiary alicyclic amines) is 1. The van der Waals surface area contributed by atoms with Crippen LogP contribution in [0.15, 0.2) is 42.7 Å². The smallest absolute Gasteiger partial charge is 0.251 e. The van der Waals surface area contributed by atoms with Crippen LogP contribution in [0.2, 0.25) is 0 Å². The fourth-order valence-corrected chi connectivity index (χ4v) is 4.52. The van der Waals surface area contributed by atoms with Gasteiger partial charge in [0.05, 0.1) is 12.1 Å². The van der Waals surface area contributed by atoms with Crippen LogP contribution in [-0.2, 0) is 11.8 Å². The molecule has 1 unspecified atom stereocenters. The number of amides is 2. The van der Waals surface area contributed by atoms with Gasteiger partial charge in [0.1, 0.15) is 0 Å². The maximum Gasteiger partial charge on any atom is 0.251 e. The van der Waals surface area contributed by atoms with E-state index in [0.29, 0.717) is 31.1 Å². The molecule has 0 radical (unpaired) electrons. The summed E-state index contributed by atoms with van der Waals surface area (Å²) in [6, 6.07) is 9.27. The first-order chi connectivity index (χ1) is 14.1. The fraction of sp³-hybridized carbons (Fsp3) is 0.500. The second-order valence-corrected chi connectivity index (χ2v) is 8.19. The van der Waals surface area contributed by atoms with Crippen molar-refractivity contribution in [3.8, 4) is 0 Å². The van der Waals surface area contributed by atoms with Crippen molar-refractivity contribution in [2.75, 3.05) is 32.7 Å². The number of hydrogen-bond acceptors (Lipinski definition) is 4. The van der Waals surface area contributed by atoms with Crippen molar-refractivity contribution < 1.29 is 9.59 Å². The third kappa shape index (κ3) is 5.02. The van der Waals surface area contributed by atoms with E-state index in [-0.39, 0.29) is 36.1 Å². The number of nitrogens with one attached hydrogen (secondary N) is 2. The van der Waals surface area contributed by atoms with Crippen molar-refractivity contribution in [3.05, 3.63) is 53.9 Å². The highest BCUT2D eigenvalue weighted by molar-refractivity contribution is 5.94. The number of nitrogens with zero attached hydrogens (tertiary/aromatic N) is 3. The largest absolute Gasteiger partial charge is 0.352 e. The molecule has 7 nitrogen and oxygen atoms in total. The molecule has 8 heteroatoms. The molecule has 30 heavy (non-hydrogen) atoms. The lowest BCUT2D eigenvalue weighted by Crippen LogP contribution is -2.47. The summed E-state index contributed by atoms with van der Waals surface area (Å²) < 4.78 is 1.79. The quantitative estimate of drug-likeness (QED) is 0.756. The zero-order valence-corrected chi connectivity index (χ0v) is 18.1. The maximum atomic E-state index is 13.3. The average Bonchev–Trinajstić information content (AvgIpc) is 3.41. The van der Waals surface area contributed by atoms with E-state index in [9.17, 15) is 9.59 Å². The van der Waals surface area contributed by atoms with Crippen LogP contribution in [0.25, 0.3) is 0 Å². The molecule has 0 bridgehead atoms. The fourth-order valence-electron chi connectivity index (χ4n) is 4.52. The summed E-state index contributed by atoms with van der Waals surface area (Å²) in [5, 5.41) is 10.7. The van der Waals surface area contributed by atoms with Crippen LogP contribution in [0, 0.1) is 11.8 Å². The predicted molar refractivity (Wildman–Crippen MR) is 118 cm³/mol. The van der Waals surface area contributed by atoms with E-state index in [4.69, 9.17) is 0 Å². The van der Waals surface area contributed by atoms with Gasteiger partial charge in [0.25, 0.3) is 5.91 Å². The van der Waals surface area contributed by atoms with Crippen LogP contribution in [0.5, 0.6) is 0 Å². The molecule has 2 fully saturated rings. The van der Waals surface area contributed by atoms with Gasteiger partial charge in [-0.1, -0.05) is 18.2 Å². The molecule has 2 aliphatic rings. The summed E-state index contributed by atoms with van der Waals surface area (Å²) in [4.78, 5) is 27.6. The summed E-state index contributed by atoms with van der Waals surface area (Å²) in [5.74, 6) is 0.603. The molecule has 1 aromatic carbocycles. The Balaban J connectivity index is 0.00000256. The van der Waals surface area contributed by atoms with Crippen molar-refractivity contribution in [2.45, 2.75) is 18.8 Å². The lowest BCUT2D eigenvalue weighted by Gasteiger charge is -2.35. The standard InChI is InChI=1S/C22H29N5O2.ClH/c1-26-15-18(11-25-26)19-12-23-13-20(19)22(29)27-9-5-6-16(14-27)10-24-21(28)17-7-3-2-4-8-17;/h2-4,7-8,11,15-16,19-20,23H,5-6,9-10,12-14H2,1H3,(H,24,28);1H/t16?,19-,20+;/m1./s1. The average molecular weight is 432 g/mol. The lowest BCUT2D eigenvalue weighted by molar-refractivity contribution is -0.137. The maximum absolute atomic E-state index is 13.3. The lowest BCUT2D eigenvalue weighted by atomic mass is 9.88. The molecule has 3 heterocycles. The predicted octanol–water partition coefficient (Wildman–Crippen LogP) is 1.81. The van der Waals surface area contributed by atoms with E-state index in [1.807, 2.05) is 54.7 Å². The Labute approximate surface area is 183 Å². The summed E-state index contributed by atoms with van der Waals surface area (Å²) >= 11 is 0. The van der Waals surface area contributed by atoms with Gasteiger partial charge in [0.2, 0.25) is 5.91 Å². The van der Waals surface area contributed by atoms with Crippen molar-refractivity contribution in [1.29, 1.82) is 0 Å². The Morgan fingerprint density at radius 1 is 1.23 bits per heavy atom. The van der Waals surface area contributed by atoms with Crippen LogP contribution < -0.4 is 10.6 Å². The highest BCUT2D eigenvalue weighted by Crippen LogP contribution is 2.30. The van der Waals surface area contributed by atoms with Crippen molar-refractivity contribution in [3.63, 3.8) is 0 Å². The Hall–Kier alpha value is -2.38. The number of rotatable bonds is 5. The second-order valence-electron chi connectivity index (χ2n) is 8.19. The molecular formula is C22H30ClN5O2. The molecule has 162 valence electrons. The minimum absolute atomic E-state index is 0. The molecule has 0 saturated carbocycles. The third-order valence-corrected chi connectivity index (χ3v) is 6.10. The first-order valence-electron chi connectivity index (χ1n) is 10.4. The molecule has 2 aliphatic heterocycles. The molecular weight excluding hydrogens is 402 g/mol. The van der Waals surface area contributed by atoms with Gasteiger partial charge in [-0.2, -0.15) is 5.10 Å². The highest BCUT2D eigenvalue weighted by atomic mass is 35.5. The van der Waals surface area contributed by atoms with Gasteiger partial charge >= 0.3 is 0 Å². The molecule has 0 aliphatic carbocycles. The number of halogens is 1. The van der Waals surface area contributed by atoms with Crippen LogP contribution in [-0.4, -0.2) is 59.2 Å². The molecule has 4 rings (SSSR count). The summed E-state index contributed by atoms with van der Waals surface area (Å²) in [7, 11) is 1.90. The van der Waals surface area contributed by atoms with E-state index in [0.717, 1.165) is 31.5 Å². The molecule has 3 atom stereocenters. The monoisotopic (exact) mass is 431 g/mol. The van der Waals surface area contributed by atoms with E-state index >= 15 is 0 Å². The van der Waals surface area contributed by atoms with Gasteiger partial charge < -0.3 is 15.5 Å². The van der Waals surface area contributed by atoms with Gasteiger partial charge in [0, 0.05) is 57.4 Å². The molecule has 2 N–H and O–H groups in total. The van der Waals surface area contributed by atoms with Gasteiger partial charge in [-0.15, -0.1) is 12.4 Å². The topological polar surface area (TPSA) is 79.3 Å². The molecule has 2 amide bonds. The van der Waals surface area contributed by atoms with Gasteiger partial charge in [-0.3, -0.25) is 14.3 Å². The number of hydrogen-bond donors (Lipinski definition) is 2. The van der Waals surface area contributed by atoms with Crippen molar-refractivity contribution in [1.82, 2.24) is 25.3 Å². The van der Waals surface area contributed by atoms with Crippen LogP contribution in [0.4, 0.5) is 0 Å². The molecule has 2 saturated heterocycles. The number of carbonyl (C=O) groups excluding carboxylic acids is 2. The van der Waals surface area contributed by atoms with Crippen LogP contribution >= 0.6 is 12.4 Å². The first-order valence-corrected chi connectivity index (χ1v) is 10.4. The van der Waals surface area contributed by atoms with Gasteiger partial charge in [-0.05, 0) is 36.5 Å². The number of aromatic nitrogens is 2. The summed E-state index contributed by atoms with van der Waals surface area (Å²) in [5.41, 5.74) is 1.80. The highest BCUT2D eigenvalue weighted by Gasteiger charge is 2.38. The zero-order chi connectivity index (χ0) is 20.2. The van der Waals surface area contributed by atoms with Crippen molar-refractivity contribution in [2.24, 2.45) is 18.9 Å². The zero-order valence-electron chi connectivity index (χ0n) is 17.3. The van der Waals surface area contributed by atoms with E-state index in [1.165, 1.54) is 0 Å². The Bertz CT molecular complexity index is 856.